The zero-order valence-electron chi connectivity index (χ0n) is 6.08. The summed E-state index contributed by atoms with van der Waals surface area (Å²) >= 11 is 0. The summed E-state index contributed by atoms with van der Waals surface area (Å²) in [5, 5.41) is 0. The van der Waals surface area contributed by atoms with Crippen LogP contribution in [0.2, 0.25) is 0 Å². The van der Waals surface area contributed by atoms with Crippen LogP contribution in [0.3, 0.4) is 0 Å². The number of anilines is 1. The lowest BCUT2D eigenvalue weighted by Gasteiger charge is -1.98. The van der Waals surface area contributed by atoms with E-state index in [0.29, 0.717) is 11.3 Å². The van der Waals surface area contributed by atoms with Gasteiger partial charge in [0.15, 0.2) is 6.29 Å². The lowest BCUT2D eigenvalue weighted by Crippen LogP contribution is -1.92. The molecule has 0 fully saturated rings. The maximum atomic E-state index is 10.4. The predicted molar refractivity (Wildman–Crippen MR) is 46.3 cm³/mol. The van der Waals surface area contributed by atoms with Crippen LogP contribution in [0.1, 0.15) is 15.9 Å². The fraction of sp³-hybridized carbons (Fsp3) is 0. The van der Waals surface area contributed by atoms with Gasteiger partial charge in [0.05, 0.1) is 0 Å². The minimum Gasteiger partial charge on any atom is -0.398 e. The number of carbonyl (C=O) groups excluding carboxylic acids is 1. The standard InChI is InChI=1S/C9H9NO/c1-2-7-3-4-9(10)8(5-7)6-11/h2-6H,1,10H2. The molecule has 0 atom stereocenters. The first-order valence-electron chi connectivity index (χ1n) is 3.25. The zero-order chi connectivity index (χ0) is 8.27. The first-order valence-corrected chi connectivity index (χ1v) is 3.25. The summed E-state index contributed by atoms with van der Waals surface area (Å²) < 4.78 is 0. The molecule has 2 nitrogen and oxygen atoms in total. The Balaban J connectivity index is 3.22. The summed E-state index contributed by atoms with van der Waals surface area (Å²) in [7, 11) is 0. The van der Waals surface area contributed by atoms with Crippen LogP contribution in [0, 0.1) is 0 Å². The molecule has 0 heterocycles. The summed E-state index contributed by atoms with van der Waals surface area (Å²) in [6.45, 7) is 3.58. The van der Waals surface area contributed by atoms with E-state index in [1.807, 2.05) is 6.07 Å². The molecule has 0 aliphatic rings. The van der Waals surface area contributed by atoms with E-state index in [9.17, 15) is 4.79 Å². The first-order chi connectivity index (χ1) is 5.27. The van der Waals surface area contributed by atoms with Crippen molar-refractivity contribution in [2.75, 3.05) is 5.73 Å². The molecule has 0 amide bonds. The maximum Gasteiger partial charge on any atom is 0.152 e. The Bertz CT molecular complexity index is 292. The second-order valence-corrected chi connectivity index (χ2v) is 2.21. The summed E-state index contributed by atoms with van der Waals surface area (Å²) in [4.78, 5) is 10.4. The number of hydrogen-bond acceptors (Lipinski definition) is 2. The van der Waals surface area contributed by atoms with Gasteiger partial charge in [-0.25, -0.2) is 0 Å². The Morgan fingerprint density at radius 2 is 2.18 bits per heavy atom. The van der Waals surface area contributed by atoms with Crippen LogP contribution in [0.25, 0.3) is 6.08 Å². The van der Waals surface area contributed by atoms with Gasteiger partial charge in [-0.15, -0.1) is 0 Å². The topological polar surface area (TPSA) is 43.1 Å². The highest BCUT2D eigenvalue weighted by molar-refractivity contribution is 5.84. The van der Waals surface area contributed by atoms with Crippen molar-refractivity contribution in [3.05, 3.63) is 35.9 Å². The van der Waals surface area contributed by atoms with Crippen LogP contribution >= 0.6 is 0 Å². The molecule has 1 aromatic carbocycles. The lowest BCUT2D eigenvalue weighted by molar-refractivity contribution is 0.112. The number of benzene rings is 1. The third-order valence-corrected chi connectivity index (χ3v) is 1.47. The summed E-state index contributed by atoms with van der Waals surface area (Å²) in [5.41, 5.74) is 7.41. The molecule has 0 bridgehead atoms. The smallest absolute Gasteiger partial charge is 0.152 e. The molecule has 2 N–H and O–H groups in total. The number of nitrogens with two attached hydrogens (primary N) is 1. The summed E-state index contributed by atoms with van der Waals surface area (Å²) in [6, 6.07) is 5.21. The van der Waals surface area contributed by atoms with Crippen molar-refractivity contribution in [2.45, 2.75) is 0 Å². The van der Waals surface area contributed by atoms with Crippen LogP contribution in [0.15, 0.2) is 24.8 Å². The minimum absolute atomic E-state index is 0.505. The van der Waals surface area contributed by atoms with E-state index in [-0.39, 0.29) is 0 Å². The number of carbonyl (C=O) groups is 1. The van der Waals surface area contributed by atoms with Gasteiger partial charge in [0.1, 0.15) is 0 Å². The second-order valence-electron chi connectivity index (χ2n) is 2.21. The molecule has 1 rings (SSSR count). The van der Waals surface area contributed by atoms with Gasteiger partial charge in [0.2, 0.25) is 0 Å². The molecule has 56 valence electrons. The average molecular weight is 147 g/mol. The molecule has 0 saturated heterocycles. The van der Waals surface area contributed by atoms with Crippen molar-refractivity contribution in [1.29, 1.82) is 0 Å². The van der Waals surface area contributed by atoms with Crippen molar-refractivity contribution < 1.29 is 4.79 Å². The maximum absolute atomic E-state index is 10.4. The van der Waals surface area contributed by atoms with Crippen molar-refractivity contribution in [3.8, 4) is 0 Å². The van der Waals surface area contributed by atoms with Crippen LogP contribution in [-0.2, 0) is 0 Å². The van der Waals surface area contributed by atoms with E-state index < -0.39 is 0 Å². The number of nitrogen functional groups attached to an aromatic ring is 1. The molecule has 0 spiro atoms. The van der Waals surface area contributed by atoms with Crippen LogP contribution < -0.4 is 5.73 Å². The molecule has 0 aromatic heterocycles. The minimum atomic E-state index is 0.505. The summed E-state index contributed by atoms with van der Waals surface area (Å²) in [5.74, 6) is 0. The molecule has 0 saturated carbocycles. The van der Waals surface area contributed by atoms with Crippen LogP contribution in [-0.4, -0.2) is 6.29 Å². The predicted octanol–water partition coefficient (Wildman–Crippen LogP) is 1.72. The van der Waals surface area contributed by atoms with Gasteiger partial charge in [-0.2, -0.15) is 0 Å². The highest BCUT2D eigenvalue weighted by Gasteiger charge is 1.96. The monoisotopic (exact) mass is 147 g/mol. The third-order valence-electron chi connectivity index (χ3n) is 1.47. The van der Waals surface area contributed by atoms with Crippen LogP contribution in [0.4, 0.5) is 5.69 Å². The second kappa shape index (κ2) is 3.01. The normalized spacial score (nSPS) is 9.09. The van der Waals surface area contributed by atoms with E-state index in [2.05, 4.69) is 6.58 Å². The molecule has 2 heteroatoms. The Labute approximate surface area is 65.3 Å². The quantitative estimate of drug-likeness (QED) is 0.511. The van der Waals surface area contributed by atoms with Crippen molar-refractivity contribution in [3.63, 3.8) is 0 Å². The Morgan fingerprint density at radius 3 is 2.73 bits per heavy atom. The average Bonchev–Trinajstić information content (AvgIpc) is 2.05. The zero-order valence-corrected chi connectivity index (χ0v) is 6.08. The molecule has 0 unspecified atom stereocenters. The van der Waals surface area contributed by atoms with E-state index in [0.717, 1.165) is 11.8 Å². The fourth-order valence-corrected chi connectivity index (χ4v) is 0.822. The van der Waals surface area contributed by atoms with Crippen LogP contribution in [0.5, 0.6) is 0 Å². The first kappa shape index (κ1) is 7.54. The van der Waals surface area contributed by atoms with Gasteiger partial charge in [0.25, 0.3) is 0 Å². The van der Waals surface area contributed by atoms with E-state index in [1.54, 1.807) is 18.2 Å². The molecular formula is C9H9NO. The number of rotatable bonds is 2. The molecule has 0 aliphatic carbocycles. The van der Waals surface area contributed by atoms with Crippen molar-refractivity contribution >= 4 is 18.0 Å². The van der Waals surface area contributed by atoms with Gasteiger partial charge < -0.3 is 5.73 Å². The summed E-state index contributed by atoms with van der Waals surface area (Å²) in [6.07, 6.45) is 2.41. The Kier molecular flexibility index (Phi) is 2.06. The molecular weight excluding hydrogens is 138 g/mol. The van der Waals surface area contributed by atoms with E-state index >= 15 is 0 Å². The Morgan fingerprint density at radius 1 is 1.45 bits per heavy atom. The largest absolute Gasteiger partial charge is 0.398 e. The molecule has 0 radical (unpaired) electrons. The van der Waals surface area contributed by atoms with Gasteiger partial charge in [-0.05, 0) is 17.7 Å². The highest BCUT2D eigenvalue weighted by Crippen LogP contribution is 2.12. The fourth-order valence-electron chi connectivity index (χ4n) is 0.822. The van der Waals surface area contributed by atoms with E-state index in [1.165, 1.54) is 0 Å². The van der Waals surface area contributed by atoms with E-state index in [4.69, 9.17) is 5.73 Å². The van der Waals surface area contributed by atoms with Gasteiger partial charge in [-0.3, -0.25) is 4.79 Å². The van der Waals surface area contributed by atoms with Crippen molar-refractivity contribution in [1.82, 2.24) is 0 Å². The molecule has 0 aliphatic heterocycles. The number of aldehydes is 1. The van der Waals surface area contributed by atoms with Gasteiger partial charge in [0, 0.05) is 11.3 Å². The Hall–Kier alpha value is -1.57. The molecule has 1 aromatic rings. The SMILES string of the molecule is C=Cc1ccc(N)c(C=O)c1. The highest BCUT2D eigenvalue weighted by atomic mass is 16.1. The van der Waals surface area contributed by atoms with Gasteiger partial charge >= 0.3 is 0 Å². The third kappa shape index (κ3) is 1.46. The van der Waals surface area contributed by atoms with Crippen molar-refractivity contribution in [2.24, 2.45) is 0 Å². The van der Waals surface area contributed by atoms with Gasteiger partial charge in [-0.1, -0.05) is 18.7 Å². The lowest BCUT2D eigenvalue weighted by atomic mass is 10.1. The molecule has 11 heavy (non-hydrogen) atoms. The number of hydrogen-bond donors (Lipinski definition) is 1.